The highest BCUT2D eigenvalue weighted by atomic mass is 14.3. The highest BCUT2D eigenvalue weighted by Crippen LogP contribution is 2.46. The van der Waals surface area contributed by atoms with Gasteiger partial charge in [0.25, 0.3) is 0 Å². The Morgan fingerprint density at radius 3 is 1.36 bits per heavy atom. The van der Waals surface area contributed by atoms with E-state index in [4.69, 9.17) is 0 Å². The van der Waals surface area contributed by atoms with Crippen LogP contribution in [0.1, 0.15) is 87.2 Å². The molecule has 6 aromatic carbocycles. The Hall–Kier alpha value is -4.16. The normalized spacial score (nSPS) is 16.5. The molecule has 2 fully saturated rings. The smallest absolute Gasteiger partial charge is 0.00263 e. The molecule has 2 aliphatic carbocycles. The average molecular weight is 571 g/mol. The molecule has 0 N–H and O–H groups in total. The summed E-state index contributed by atoms with van der Waals surface area (Å²) in [4.78, 5) is 0. The summed E-state index contributed by atoms with van der Waals surface area (Å²) in [6.07, 6.45) is 13.6. The minimum Gasteiger partial charge on any atom is -0.0622 e. The second-order valence-electron chi connectivity index (χ2n) is 13.3. The lowest BCUT2D eigenvalue weighted by molar-refractivity contribution is 0.443. The van der Waals surface area contributed by atoms with E-state index in [0.717, 1.165) is 5.92 Å². The molecule has 2 saturated carbocycles. The lowest BCUT2D eigenvalue weighted by atomic mass is 9.80. The SMILES string of the molecule is c1ccc(-c2ccc(-c3c4ccccc4c(-c4ccc(C5CCCCC5)cc4)c4cc(C5CCCCC5)ccc34)cc2)cc1. The van der Waals surface area contributed by atoms with Gasteiger partial charge in [-0.25, -0.2) is 0 Å². The zero-order valence-corrected chi connectivity index (χ0v) is 25.8. The first-order valence-electron chi connectivity index (χ1n) is 17.1. The van der Waals surface area contributed by atoms with Crippen LogP contribution in [0.2, 0.25) is 0 Å². The summed E-state index contributed by atoms with van der Waals surface area (Å²) >= 11 is 0. The molecule has 0 heterocycles. The van der Waals surface area contributed by atoms with Crippen LogP contribution >= 0.6 is 0 Å². The molecular formula is C44H42. The summed E-state index contributed by atoms with van der Waals surface area (Å²) in [6, 6.07) is 46.3. The maximum Gasteiger partial charge on any atom is -0.00263 e. The van der Waals surface area contributed by atoms with Crippen LogP contribution in [0, 0.1) is 0 Å². The van der Waals surface area contributed by atoms with E-state index in [2.05, 4.69) is 121 Å². The fourth-order valence-electron chi connectivity index (χ4n) is 8.33. The van der Waals surface area contributed by atoms with Gasteiger partial charge in [0, 0.05) is 0 Å². The van der Waals surface area contributed by atoms with Gasteiger partial charge in [0.1, 0.15) is 0 Å². The minimum absolute atomic E-state index is 0.676. The monoisotopic (exact) mass is 570 g/mol. The van der Waals surface area contributed by atoms with Gasteiger partial charge in [-0.15, -0.1) is 0 Å². The van der Waals surface area contributed by atoms with Gasteiger partial charge in [0.15, 0.2) is 0 Å². The maximum absolute atomic E-state index is 2.57. The van der Waals surface area contributed by atoms with Gasteiger partial charge in [-0.1, -0.05) is 160 Å². The molecule has 218 valence electrons. The zero-order valence-electron chi connectivity index (χ0n) is 25.8. The van der Waals surface area contributed by atoms with Crippen molar-refractivity contribution >= 4 is 21.5 Å². The van der Waals surface area contributed by atoms with E-state index in [0.29, 0.717) is 5.92 Å². The Bertz CT molecular complexity index is 1880. The van der Waals surface area contributed by atoms with Crippen LogP contribution in [0.25, 0.3) is 54.9 Å². The highest BCUT2D eigenvalue weighted by molar-refractivity contribution is 6.21. The topological polar surface area (TPSA) is 0 Å². The first-order valence-corrected chi connectivity index (χ1v) is 17.1. The molecule has 0 unspecified atom stereocenters. The van der Waals surface area contributed by atoms with E-state index < -0.39 is 0 Å². The van der Waals surface area contributed by atoms with E-state index in [9.17, 15) is 0 Å². The van der Waals surface area contributed by atoms with Crippen LogP contribution in [-0.4, -0.2) is 0 Å². The van der Waals surface area contributed by atoms with Crippen molar-refractivity contribution in [2.45, 2.75) is 76.0 Å². The summed E-state index contributed by atoms with van der Waals surface area (Å²) < 4.78 is 0. The van der Waals surface area contributed by atoms with Crippen molar-refractivity contribution in [1.29, 1.82) is 0 Å². The Morgan fingerprint density at radius 2 is 0.750 bits per heavy atom. The number of rotatable bonds is 5. The lowest BCUT2D eigenvalue weighted by Gasteiger charge is -2.24. The number of fused-ring (bicyclic) bond motifs is 2. The summed E-state index contributed by atoms with van der Waals surface area (Å²) in [6.45, 7) is 0. The van der Waals surface area contributed by atoms with E-state index in [1.165, 1.54) is 130 Å². The van der Waals surface area contributed by atoms with E-state index in [1.54, 1.807) is 0 Å². The molecule has 0 bridgehead atoms. The Labute approximate surface area is 262 Å². The van der Waals surface area contributed by atoms with Crippen molar-refractivity contribution in [3.63, 3.8) is 0 Å². The molecule has 0 radical (unpaired) electrons. The third-order valence-electron chi connectivity index (χ3n) is 10.7. The fraction of sp³-hybridized carbons (Fsp3) is 0.273. The molecule has 0 atom stereocenters. The minimum atomic E-state index is 0.676. The summed E-state index contributed by atoms with van der Waals surface area (Å²) in [5, 5.41) is 5.46. The Kier molecular flexibility index (Phi) is 7.52. The maximum atomic E-state index is 2.57. The van der Waals surface area contributed by atoms with Gasteiger partial charge < -0.3 is 0 Å². The molecule has 0 aliphatic heterocycles. The zero-order chi connectivity index (χ0) is 29.3. The molecule has 8 rings (SSSR count). The van der Waals surface area contributed by atoms with Gasteiger partial charge >= 0.3 is 0 Å². The van der Waals surface area contributed by atoms with E-state index in [1.807, 2.05) is 0 Å². The quantitative estimate of drug-likeness (QED) is 0.181. The number of hydrogen-bond acceptors (Lipinski definition) is 0. The summed E-state index contributed by atoms with van der Waals surface area (Å²) in [7, 11) is 0. The molecule has 2 aliphatic rings. The average Bonchev–Trinajstić information content (AvgIpc) is 3.12. The first kappa shape index (κ1) is 27.4. The van der Waals surface area contributed by atoms with Gasteiger partial charge in [-0.2, -0.15) is 0 Å². The molecule has 0 heteroatoms. The molecule has 0 nitrogen and oxygen atoms in total. The van der Waals surface area contributed by atoms with E-state index in [-0.39, 0.29) is 0 Å². The summed E-state index contributed by atoms with van der Waals surface area (Å²) in [5.41, 5.74) is 11.0. The van der Waals surface area contributed by atoms with Crippen LogP contribution < -0.4 is 0 Å². The summed E-state index contributed by atoms with van der Waals surface area (Å²) in [5.74, 6) is 1.40. The van der Waals surface area contributed by atoms with E-state index >= 15 is 0 Å². The van der Waals surface area contributed by atoms with Crippen LogP contribution in [0.4, 0.5) is 0 Å². The van der Waals surface area contributed by atoms with Crippen LogP contribution in [0.3, 0.4) is 0 Å². The van der Waals surface area contributed by atoms with Gasteiger partial charge in [0.2, 0.25) is 0 Å². The van der Waals surface area contributed by atoms with Crippen molar-refractivity contribution in [3.05, 3.63) is 132 Å². The van der Waals surface area contributed by atoms with Crippen LogP contribution in [0.15, 0.2) is 121 Å². The predicted octanol–water partition coefficient (Wildman–Crippen LogP) is 13.1. The Morgan fingerprint density at radius 1 is 0.318 bits per heavy atom. The third-order valence-corrected chi connectivity index (χ3v) is 10.7. The standard InChI is InChI=1S/C44H42/c1-4-12-31(13-5-1)34-20-24-36(25-21-34)43-39-18-10-11-19-40(39)44(37-26-22-35(23-27-37)32-14-6-2-7-15-32)42-30-38(28-29-41(42)43)33-16-8-3-9-17-33/h1,4-5,10-13,18-30,32-33H,2-3,6-9,14-17H2. The highest BCUT2D eigenvalue weighted by Gasteiger charge is 2.21. The predicted molar refractivity (Wildman–Crippen MR) is 189 cm³/mol. The lowest BCUT2D eigenvalue weighted by Crippen LogP contribution is -2.05. The second kappa shape index (κ2) is 12.1. The second-order valence-corrected chi connectivity index (χ2v) is 13.3. The van der Waals surface area contributed by atoms with Crippen LogP contribution in [0.5, 0.6) is 0 Å². The molecule has 0 aromatic heterocycles. The number of hydrogen-bond donors (Lipinski definition) is 0. The van der Waals surface area contributed by atoms with Crippen LogP contribution in [-0.2, 0) is 0 Å². The molecule has 0 amide bonds. The molecule has 6 aromatic rings. The van der Waals surface area contributed by atoms with Crippen molar-refractivity contribution in [1.82, 2.24) is 0 Å². The Balaban J connectivity index is 1.32. The van der Waals surface area contributed by atoms with Crippen molar-refractivity contribution in [2.24, 2.45) is 0 Å². The first-order chi connectivity index (χ1) is 21.8. The fourth-order valence-corrected chi connectivity index (χ4v) is 8.33. The molecule has 0 spiro atoms. The third kappa shape index (κ3) is 5.15. The van der Waals surface area contributed by atoms with Crippen molar-refractivity contribution < 1.29 is 0 Å². The largest absolute Gasteiger partial charge is 0.0622 e. The van der Waals surface area contributed by atoms with Gasteiger partial charge in [-0.05, 0) is 104 Å². The van der Waals surface area contributed by atoms with Gasteiger partial charge in [-0.3, -0.25) is 0 Å². The molecule has 44 heavy (non-hydrogen) atoms. The van der Waals surface area contributed by atoms with Crippen molar-refractivity contribution in [3.8, 4) is 33.4 Å². The molecular weight excluding hydrogens is 528 g/mol. The van der Waals surface area contributed by atoms with Crippen molar-refractivity contribution in [2.75, 3.05) is 0 Å². The number of benzene rings is 6. The molecule has 0 saturated heterocycles. The van der Waals surface area contributed by atoms with Gasteiger partial charge in [0.05, 0.1) is 0 Å².